The molecule has 0 aromatic heterocycles. The SMILES string of the molecule is O=C(CN1CCCCC1CO)Nc1ccc(Cl)cc1Cl. The molecule has 4 nitrogen and oxygen atoms in total. The number of carbonyl (C=O) groups is 1. The number of anilines is 1. The minimum atomic E-state index is -0.130. The van der Waals surface area contributed by atoms with Crippen LogP contribution in [0.4, 0.5) is 5.69 Å². The molecule has 1 amide bonds. The number of hydrogen-bond acceptors (Lipinski definition) is 3. The van der Waals surface area contributed by atoms with E-state index in [4.69, 9.17) is 23.2 Å². The number of hydrogen-bond donors (Lipinski definition) is 2. The third-order valence-corrected chi connectivity index (χ3v) is 4.06. The van der Waals surface area contributed by atoms with E-state index < -0.39 is 0 Å². The van der Waals surface area contributed by atoms with Gasteiger partial charge >= 0.3 is 0 Å². The summed E-state index contributed by atoms with van der Waals surface area (Å²) in [5.74, 6) is -0.130. The first kappa shape index (κ1) is 15.6. The summed E-state index contributed by atoms with van der Waals surface area (Å²) in [6.07, 6.45) is 3.10. The zero-order valence-corrected chi connectivity index (χ0v) is 12.6. The molecule has 20 heavy (non-hydrogen) atoms. The standard InChI is InChI=1S/C14H18Cl2N2O2/c15-10-4-5-13(12(16)7-10)17-14(20)8-18-6-2-1-3-11(18)9-19/h4-5,7,11,19H,1-3,6,8-9H2,(H,17,20). The molecule has 0 saturated carbocycles. The Morgan fingerprint density at radius 1 is 1.40 bits per heavy atom. The Morgan fingerprint density at radius 3 is 2.90 bits per heavy atom. The van der Waals surface area contributed by atoms with Gasteiger partial charge in [-0.25, -0.2) is 0 Å². The van der Waals surface area contributed by atoms with Crippen LogP contribution in [-0.4, -0.2) is 41.7 Å². The van der Waals surface area contributed by atoms with Gasteiger partial charge in [-0.1, -0.05) is 29.6 Å². The van der Waals surface area contributed by atoms with Crippen molar-refractivity contribution in [1.29, 1.82) is 0 Å². The number of piperidine rings is 1. The summed E-state index contributed by atoms with van der Waals surface area (Å²) < 4.78 is 0. The van der Waals surface area contributed by atoms with Gasteiger partial charge in [0.05, 0.1) is 23.9 Å². The van der Waals surface area contributed by atoms with Crippen LogP contribution in [0.15, 0.2) is 18.2 Å². The summed E-state index contributed by atoms with van der Waals surface area (Å²) in [6, 6.07) is 5.04. The lowest BCUT2D eigenvalue weighted by molar-refractivity contribution is -0.118. The fourth-order valence-electron chi connectivity index (χ4n) is 2.44. The van der Waals surface area contributed by atoms with Crippen molar-refractivity contribution in [3.8, 4) is 0 Å². The largest absolute Gasteiger partial charge is 0.395 e. The maximum atomic E-state index is 12.1. The summed E-state index contributed by atoms with van der Waals surface area (Å²) in [5, 5.41) is 13.1. The highest BCUT2D eigenvalue weighted by atomic mass is 35.5. The van der Waals surface area contributed by atoms with Crippen molar-refractivity contribution >= 4 is 34.8 Å². The molecule has 0 radical (unpaired) electrons. The Bertz CT molecular complexity index is 482. The van der Waals surface area contributed by atoms with Crippen molar-refractivity contribution in [2.75, 3.05) is 25.0 Å². The van der Waals surface area contributed by atoms with Gasteiger partial charge in [0.15, 0.2) is 0 Å². The summed E-state index contributed by atoms with van der Waals surface area (Å²) >= 11 is 11.8. The van der Waals surface area contributed by atoms with Crippen molar-refractivity contribution in [2.24, 2.45) is 0 Å². The van der Waals surface area contributed by atoms with Gasteiger partial charge in [0.1, 0.15) is 0 Å². The molecular formula is C14H18Cl2N2O2. The minimum Gasteiger partial charge on any atom is -0.395 e. The Morgan fingerprint density at radius 2 is 2.20 bits per heavy atom. The smallest absolute Gasteiger partial charge is 0.238 e. The number of amides is 1. The van der Waals surface area contributed by atoms with Crippen molar-refractivity contribution in [2.45, 2.75) is 25.3 Å². The van der Waals surface area contributed by atoms with Crippen LogP contribution in [0.25, 0.3) is 0 Å². The van der Waals surface area contributed by atoms with Gasteiger partial charge < -0.3 is 10.4 Å². The first-order chi connectivity index (χ1) is 9.60. The second kappa shape index (κ2) is 7.27. The van der Waals surface area contributed by atoms with Crippen molar-refractivity contribution in [3.63, 3.8) is 0 Å². The van der Waals surface area contributed by atoms with E-state index in [0.29, 0.717) is 15.7 Å². The molecule has 1 atom stereocenters. The lowest BCUT2D eigenvalue weighted by atomic mass is 10.0. The molecule has 110 valence electrons. The molecule has 1 heterocycles. The molecule has 0 aliphatic carbocycles. The van der Waals surface area contributed by atoms with Crippen molar-refractivity contribution < 1.29 is 9.90 Å². The van der Waals surface area contributed by atoms with Crippen LogP contribution in [0.3, 0.4) is 0 Å². The zero-order chi connectivity index (χ0) is 14.5. The van der Waals surface area contributed by atoms with Gasteiger partial charge in [-0.2, -0.15) is 0 Å². The van der Waals surface area contributed by atoms with Crippen molar-refractivity contribution in [1.82, 2.24) is 4.90 Å². The van der Waals surface area contributed by atoms with E-state index in [1.54, 1.807) is 18.2 Å². The van der Waals surface area contributed by atoms with Crippen molar-refractivity contribution in [3.05, 3.63) is 28.2 Å². The summed E-state index contributed by atoms with van der Waals surface area (Å²) in [5.41, 5.74) is 0.554. The van der Waals surface area contributed by atoms with Crippen LogP contribution in [0.1, 0.15) is 19.3 Å². The number of aliphatic hydroxyl groups excluding tert-OH is 1. The van der Waals surface area contributed by atoms with Crippen LogP contribution in [0, 0.1) is 0 Å². The molecule has 2 rings (SSSR count). The van der Waals surface area contributed by atoms with Gasteiger partial charge in [-0.3, -0.25) is 9.69 Å². The Kier molecular flexibility index (Phi) is 5.66. The summed E-state index contributed by atoms with van der Waals surface area (Å²) in [7, 11) is 0. The molecule has 6 heteroatoms. The molecule has 1 fully saturated rings. The van der Waals surface area contributed by atoms with Crippen LogP contribution in [0.2, 0.25) is 10.0 Å². The molecule has 0 bridgehead atoms. The van der Waals surface area contributed by atoms with E-state index in [1.807, 2.05) is 4.90 Å². The van der Waals surface area contributed by atoms with Gasteiger partial charge in [0, 0.05) is 11.1 Å². The lowest BCUT2D eigenvalue weighted by Crippen LogP contribution is -2.45. The van der Waals surface area contributed by atoms with Gasteiger partial charge in [-0.15, -0.1) is 0 Å². The topological polar surface area (TPSA) is 52.6 Å². The van der Waals surface area contributed by atoms with E-state index in [-0.39, 0.29) is 25.1 Å². The lowest BCUT2D eigenvalue weighted by Gasteiger charge is -2.33. The van der Waals surface area contributed by atoms with Crippen LogP contribution in [0.5, 0.6) is 0 Å². The Hall–Kier alpha value is -0.810. The minimum absolute atomic E-state index is 0.0789. The van der Waals surface area contributed by atoms with Crippen LogP contribution in [-0.2, 0) is 4.79 Å². The fourth-order valence-corrected chi connectivity index (χ4v) is 2.90. The maximum absolute atomic E-state index is 12.1. The maximum Gasteiger partial charge on any atom is 0.238 e. The summed E-state index contributed by atoms with van der Waals surface area (Å²) in [4.78, 5) is 14.1. The number of rotatable bonds is 4. The van der Waals surface area contributed by atoms with E-state index in [9.17, 15) is 9.90 Å². The molecule has 1 aliphatic rings. The first-order valence-corrected chi connectivity index (χ1v) is 7.45. The molecular weight excluding hydrogens is 299 g/mol. The predicted octanol–water partition coefficient (Wildman–Crippen LogP) is 2.78. The number of halogens is 2. The third kappa shape index (κ3) is 4.09. The van der Waals surface area contributed by atoms with Gasteiger partial charge in [0.2, 0.25) is 5.91 Å². The van der Waals surface area contributed by atoms with E-state index >= 15 is 0 Å². The number of likely N-dealkylation sites (tertiary alicyclic amines) is 1. The normalized spacial score (nSPS) is 19.9. The Balaban J connectivity index is 1.94. The Labute approximate surface area is 128 Å². The van der Waals surface area contributed by atoms with Crippen LogP contribution < -0.4 is 5.32 Å². The number of benzene rings is 1. The molecule has 2 N–H and O–H groups in total. The van der Waals surface area contributed by atoms with Gasteiger partial charge in [0.25, 0.3) is 0 Å². The van der Waals surface area contributed by atoms with E-state index in [1.165, 1.54) is 0 Å². The fraction of sp³-hybridized carbons (Fsp3) is 0.500. The number of aliphatic hydroxyl groups is 1. The number of nitrogens with zero attached hydrogens (tertiary/aromatic N) is 1. The predicted molar refractivity (Wildman–Crippen MR) is 81.4 cm³/mol. The van der Waals surface area contributed by atoms with E-state index in [2.05, 4.69) is 5.32 Å². The quantitative estimate of drug-likeness (QED) is 0.898. The highest BCUT2D eigenvalue weighted by molar-refractivity contribution is 6.36. The van der Waals surface area contributed by atoms with E-state index in [0.717, 1.165) is 25.8 Å². The highest BCUT2D eigenvalue weighted by Crippen LogP contribution is 2.25. The average Bonchev–Trinajstić information content (AvgIpc) is 2.42. The second-order valence-corrected chi connectivity index (χ2v) is 5.82. The monoisotopic (exact) mass is 316 g/mol. The third-order valence-electron chi connectivity index (χ3n) is 3.51. The molecule has 1 unspecified atom stereocenters. The first-order valence-electron chi connectivity index (χ1n) is 6.70. The molecule has 1 aromatic rings. The van der Waals surface area contributed by atoms with Gasteiger partial charge in [-0.05, 0) is 37.6 Å². The molecule has 1 aliphatic heterocycles. The number of carbonyl (C=O) groups excluding carboxylic acids is 1. The highest BCUT2D eigenvalue weighted by Gasteiger charge is 2.23. The van der Waals surface area contributed by atoms with Crippen LogP contribution >= 0.6 is 23.2 Å². The molecule has 1 aromatic carbocycles. The zero-order valence-electron chi connectivity index (χ0n) is 11.1. The number of nitrogens with one attached hydrogen (secondary N) is 1. The molecule has 1 saturated heterocycles. The molecule has 0 spiro atoms. The average molecular weight is 317 g/mol. The summed E-state index contributed by atoms with van der Waals surface area (Å²) in [6.45, 7) is 1.20. The second-order valence-electron chi connectivity index (χ2n) is 4.98.